The lowest BCUT2D eigenvalue weighted by Crippen LogP contribution is -2.30. The second kappa shape index (κ2) is 7.27. The number of nitrogens with one attached hydrogen (secondary N) is 1. The Bertz CT molecular complexity index is 785. The van der Waals surface area contributed by atoms with E-state index in [1.807, 2.05) is 42.6 Å². The average molecular weight is 406 g/mol. The maximum Gasteiger partial charge on any atom is 0.245 e. The van der Waals surface area contributed by atoms with Crippen molar-refractivity contribution in [1.82, 2.24) is 5.43 Å². The normalized spacial score (nSPS) is 17.7. The summed E-state index contributed by atoms with van der Waals surface area (Å²) in [5.74, 6) is -0.660. The monoisotopic (exact) mass is 405 g/mol. The fourth-order valence-electron chi connectivity index (χ4n) is 2.52. The molecule has 0 aliphatic carbocycles. The summed E-state index contributed by atoms with van der Waals surface area (Å²) in [5, 5.41) is 5.98. The number of hydrogen-bond acceptors (Lipinski definition) is 4. The van der Waals surface area contributed by atoms with E-state index in [4.69, 9.17) is 0 Å². The minimum atomic E-state index is -0.386. The topological polar surface area (TPSA) is 61.8 Å². The van der Waals surface area contributed by atoms with Gasteiger partial charge in [0.05, 0.1) is 12.1 Å². The van der Waals surface area contributed by atoms with Crippen LogP contribution in [0.15, 0.2) is 45.3 Å². The summed E-state index contributed by atoms with van der Waals surface area (Å²) in [6, 6.07) is 9.48. The van der Waals surface area contributed by atoms with Crippen molar-refractivity contribution < 1.29 is 9.59 Å². The Morgan fingerprint density at radius 1 is 1.38 bits per heavy atom. The fourth-order valence-corrected chi connectivity index (χ4v) is 3.57. The van der Waals surface area contributed by atoms with Crippen molar-refractivity contribution in [3.05, 3.63) is 50.6 Å². The highest BCUT2D eigenvalue weighted by molar-refractivity contribution is 9.10. The van der Waals surface area contributed by atoms with Crippen LogP contribution in [0.4, 0.5) is 5.69 Å². The van der Waals surface area contributed by atoms with E-state index in [1.54, 1.807) is 22.5 Å². The van der Waals surface area contributed by atoms with Gasteiger partial charge in [0.1, 0.15) is 0 Å². The number of amides is 2. The van der Waals surface area contributed by atoms with Gasteiger partial charge in [-0.15, -0.1) is 11.3 Å². The third-order valence-electron chi connectivity index (χ3n) is 3.89. The summed E-state index contributed by atoms with van der Waals surface area (Å²) in [7, 11) is 0. The quantitative estimate of drug-likeness (QED) is 0.626. The molecule has 0 radical (unpaired) electrons. The van der Waals surface area contributed by atoms with Gasteiger partial charge >= 0.3 is 0 Å². The predicted octanol–water partition coefficient (Wildman–Crippen LogP) is 3.32. The highest BCUT2D eigenvalue weighted by Gasteiger charge is 2.35. The summed E-state index contributed by atoms with van der Waals surface area (Å²) >= 11 is 4.94. The summed E-state index contributed by atoms with van der Waals surface area (Å²) in [6.07, 6.45) is 1.84. The number of hydrogen-bond donors (Lipinski definition) is 1. The molecule has 2 aromatic rings. The maximum atomic E-state index is 12.2. The van der Waals surface area contributed by atoms with Gasteiger partial charge in [-0.1, -0.05) is 15.9 Å². The molecule has 5 nitrogen and oxygen atoms in total. The van der Waals surface area contributed by atoms with Gasteiger partial charge in [-0.05, 0) is 48.2 Å². The van der Waals surface area contributed by atoms with Crippen molar-refractivity contribution in [2.45, 2.75) is 13.3 Å². The minimum Gasteiger partial charge on any atom is -0.312 e. The van der Waals surface area contributed by atoms with Gasteiger partial charge in [0, 0.05) is 28.0 Å². The molecule has 24 heavy (non-hydrogen) atoms. The summed E-state index contributed by atoms with van der Waals surface area (Å²) in [5.41, 5.74) is 4.47. The zero-order valence-corrected chi connectivity index (χ0v) is 15.4. The number of benzene rings is 1. The molecule has 0 unspecified atom stereocenters. The van der Waals surface area contributed by atoms with Gasteiger partial charge in [-0.25, -0.2) is 5.43 Å². The number of nitrogens with zero attached hydrogens (tertiary/aromatic N) is 2. The van der Waals surface area contributed by atoms with Crippen LogP contribution in [0.25, 0.3) is 0 Å². The third kappa shape index (κ3) is 3.73. The van der Waals surface area contributed by atoms with E-state index in [1.165, 1.54) is 0 Å². The highest BCUT2D eigenvalue weighted by atomic mass is 79.9. The average Bonchev–Trinajstić information content (AvgIpc) is 3.14. The lowest BCUT2D eigenvalue weighted by Gasteiger charge is -2.16. The zero-order valence-electron chi connectivity index (χ0n) is 13.0. The molecule has 1 aliphatic heterocycles. The Hall–Kier alpha value is -1.99. The fraction of sp³-hybridized carbons (Fsp3) is 0.235. The highest BCUT2D eigenvalue weighted by Crippen LogP contribution is 2.26. The molecular weight excluding hydrogens is 390 g/mol. The van der Waals surface area contributed by atoms with Crippen LogP contribution in [0, 0.1) is 12.8 Å². The predicted molar refractivity (Wildman–Crippen MR) is 99.4 cm³/mol. The van der Waals surface area contributed by atoms with E-state index in [0.29, 0.717) is 6.54 Å². The number of carbonyl (C=O) groups is 2. The molecule has 7 heteroatoms. The molecule has 1 aliphatic rings. The maximum absolute atomic E-state index is 12.2. The van der Waals surface area contributed by atoms with Crippen molar-refractivity contribution in [3.63, 3.8) is 0 Å². The van der Waals surface area contributed by atoms with Crippen LogP contribution in [-0.2, 0) is 9.59 Å². The number of halogens is 1. The molecule has 1 N–H and O–H groups in total. The number of hydrazone groups is 1. The molecule has 1 fully saturated rings. The smallest absolute Gasteiger partial charge is 0.245 e. The van der Waals surface area contributed by atoms with E-state index < -0.39 is 0 Å². The third-order valence-corrected chi connectivity index (χ3v) is 5.37. The van der Waals surface area contributed by atoms with Gasteiger partial charge in [-0.2, -0.15) is 5.10 Å². The standard InChI is InChI=1S/C17H16BrN3O2S/c1-11-6-7-24-15(11)9-19-20-17(23)12-8-16(22)21(10-12)14-4-2-13(18)3-5-14/h2-7,9,12H,8,10H2,1H3,(H,20,23)/b19-9-/t12-/m0/s1. The lowest BCUT2D eigenvalue weighted by atomic mass is 10.1. The van der Waals surface area contributed by atoms with E-state index in [-0.39, 0.29) is 24.2 Å². The van der Waals surface area contributed by atoms with Crippen LogP contribution in [0.5, 0.6) is 0 Å². The van der Waals surface area contributed by atoms with Crippen molar-refractivity contribution in [2.75, 3.05) is 11.4 Å². The number of anilines is 1. The molecular formula is C17H16BrN3O2S. The Kier molecular flexibility index (Phi) is 5.11. The number of carbonyl (C=O) groups excluding carboxylic acids is 2. The summed E-state index contributed by atoms with van der Waals surface area (Å²) in [4.78, 5) is 27.1. The molecule has 2 amide bonds. The first kappa shape index (κ1) is 16.9. The molecule has 0 bridgehead atoms. The molecule has 0 spiro atoms. The van der Waals surface area contributed by atoms with Crippen LogP contribution in [0.2, 0.25) is 0 Å². The van der Waals surface area contributed by atoms with Gasteiger partial charge in [-0.3, -0.25) is 9.59 Å². The Balaban J connectivity index is 1.60. The second-order valence-electron chi connectivity index (χ2n) is 5.58. The van der Waals surface area contributed by atoms with Crippen molar-refractivity contribution in [1.29, 1.82) is 0 Å². The van der Waals surface area contributed by atoms with Crippen molar-refractivity contribution in [3.8, 4) is 0 Å². The molecule has 1 aromatic carbocycles. The van der Waals surface area contributed by atoms with E-state index in [2.05, 4.69) is 26.5 Å². The van der Waals surface area contributed by atoms with Gasteiger partial charge in [0.15, 0.2) is 0 Å². The van der Waals surface area contributed by atoms with Crippen molar-refractivity contribution in [2.24, 2.45) is 11.0 Å². The lowest BCUT2D eigenvalue weighted by molar-refractivity contribution is -0.126. The Labute approximate surface area is 152 Å². The van der Waals surface area contributed by atoms with Gasteiger partial charge < -0.3 is 4.90 Å². The zero-order chi connectivity index (χ0) is 17.1. The van der Waals surface area contributed by atoms with E-state index in [0.717, 1.165) is 20.6 Å². The minimum absolute atomic E-state index is 0.0458. The van der Waals surface area contributed by atoms with Crippen LogP contribution in [0.3, 0.4) is 0 Å². The largest absolute Gasteiger partial charge is 0.312 e. The summed E-state index contributed by atoms with van der Waals surface area (Å²) in [6.45, 7) is 2.37. The molecule has 0 saturated carbocycles. The van der Waals surface area contributed by atoms with Gasteiger partial charge in [0.25, 0.3) is 0 Å². The molecule has 1 atom stereocenters. The molecule has 3 rings (SSSR count). The molecule has 1 aromatic heterocycles. The first-order chi connectivity index (χ1) is 11.5. The van der Waals surface area contributed by atoms with E-state index in [9.17, 15) is 9.59 Å². The molecule has 1 saturated heterocycles. The Morgan fingerprint density at radius 3 is 2.79 bits per heavy atom. The van der Waals surface area contributed by atoms with Crippen LogP contribution < -0.4 is 10.3 Å². The molecule has 2 heterocycles. The van der Waals surface area contributed by atoms with Crippen LogP contribution in [0.1, 0.15) is 16.9 Å². The van der Waals surface area contributed by atoms with Crippen LogP contribution >= 0.6 is 27.3 Å². The van der Waals surface area contributed by atoms with Crippen molar-refractivity contribution >= 4 is 51.0 Å². The first-order valence-electron chi connectivity index (χ1n) is 7.47. The summed E-state index contributed by atoms with van der Waals surface area (Å²) < 4.78 is 0.949. The Morgan fingerprint density at radius 2 is 2.12 bits per heavy atom. The number of rotatable bonds is 4. The van der Waals surface area contributed by atoms with Crippen LogP contribution in [-0.4, -0.2) is 24.6 Å². The molecule has 124 valence electrons. The van der Waals surface area contributed by atoms with E-state index >= 15 is 0 Å². The van der Waals surface area contributed by atoms with Gasteiger partial charge in [0.2, 0.25) is 11.8 Å². The second-order valence-corrected chi connectivity index (χ2v) is 7.45. The number of thiophene rings is 1. The SMILES string of the molecule is Cc1ccsc1/C=N\NC(=O)[C@H]1CC(=O)N(c2ccc(Br)cc2)C1. The first-order valence-corrected chi connectivity index (χ1v) is 9.15. The number of aryl methyl sites for hydroxylation is 1.